The fourth-order valence-electron chi connectivity index (χ4n) is 1.79. The Balaban J connectivity index is 2.98. The van der Waals surface area contributed by atoms with Crippen molar-refractivity contribution >= 4 is 11.4 Å². The zero-order chi connectivity index (χ0) is 13.5. The first-order valence-corrected chi connectivity index (χ1v) is 6.00. The molecule has 1 aromatic rings. The van der Waals surface area contributed by atoms with Crippen LogP contribution in [0.25, 0.3) is 0 Å². The minimum atomic E-state index is 0.471. The maximum Gasteiger partial charge on any atom is 0.101 e. The van der Waals surface area contributed by atoms with Gasteiger partial charge in [-0.05, 0) is 24.1 Å². The number of benzene rings is 1. The Morgan fingerprint density at radius 1 is 1.33 bits per heavy atom. The number of nitrogens with zero attached hydrogens (tertiary/aromatic N) is 3. The lowest BCUT2D eigenvalue weighted by Crippen LogP contribution is -2.28. The van der Waals surface area contributed by atoms with Crippen LogP contribution < -0.4 is 10.6 Å². The van der Waals surface area contributed by atoms with Crippen molar-refractivity contribution in [2.75, 3.05) is 23.7 Å². The van der Waals surface area contributed by atoms with E-state index in [-0.39, 0.29) is 0 Å². The van der Waals surface area contributed by atoms with Crippen molar-refractivity contribution in [1.29, 1.82) is 10.5 Å². The normalized spacial score (nSPS) is 9.83. The van der Waals surface area contributed by atoms with Gasteiger partial charge >= 0.3 is 0 Å². The predicted octanol–water partition coefficient (Wildman–Crippen LogP) is 2.52. The van der Waals surface area contributed by atoms with Crippen LogP contribution in [-0.2, 0) is 0 Å². The molecule has 0 radical (unpaired) electrons. The molecule has 4 nitrogen and oxygen atoms in total. The molecule has 0 aliphatic rings. The minimum Gasteiger partial charge on any atom is -0.398 e. The summed E-state index contributed by atoms with van der Waals surface area (Å²) in [7, 11) is 0. The number of anilines is 2. The molecule has 0 saturated heterocycles. The summed E-state index contributed by atoms with van der Waals surface area (Å²) < 4.78 is 0. The average Bonchev–Trinajstić information content (AvgIpc) is 2.34. The van der Waals surface area contributed by atoms with Crippen LogP contribution in [0.15, 0.2) is 18.2 Å². The van der Waals surface area contributed by atoms with Crippen molar-refractivity contribution in [3.05, 3.63) is 23.8 Å². The van der Waals surface area contributed by atoms with Gasteiger partial charge < -0.3 is 10.6 Å². The van der Waals surface area contributed by atoms with Gasteiger partial charge in [0.15, 0.2) is 0 Å². The van der Waals surface area contributed by atoms with Gasteiger partial charge in [-0.1, -0.05) is 13.8 Å². The van der Waals surface area contributed by atoms with E-state index in [1.807, 2.05) is 6.07 Å². The van der Waals surface area contributed by atoms with E-state index in [1.54, 1.807) is 12.1 Å². The Labute approximate surface area is 108 Å². The molecule has 1 aromatic carbocycles. The first-order chi connectivity index (χ1) is 8.58. The molecule has 18 heavy (non-hydrogen) atoms. The van der Waals surface area contributed by atoms with Gasteiger partial charge in [0.25, 0.3) is 0 Å². The van der Waals surface area contributed by atoms with E-state index in [1.165, 1.54) is 0 Å². The van der Waals surface area contributed by atoms with Crippen LogP contribution in [-0.4, -0.2) is 13.1 Å². The minimum absolute atomic E-state index is 0.471. The molecule has 0 aromatic heterocycles. The van der Waals surface area contributed by atoms with Crippen LogP contribution in [0.1, 0.15) is 25.8 Å². The van der Waals surface area contributed by atoms with E-state index in [4.69, 9.17) is 16.3 Å². The highest BCUT2D eigenvalue weighted by molar-refractivity contribution is 5.62. The highest BCUT2D eigenvalue weighted by atomic mass is 15.1. The maximum absolute atomic E-state index is 8.98. The van der Waals surface area contributed by atoms with Crippen molar-refractivity contribution in [1.82, 2.24) is 0 Å². The number of rotatable bonds is 5. The van der Waals surface area contributed by atoms with Gasteiger partial charge in [-0.25, -0.2) is 0 Å². The summed E-state index contributed by atoms with van der Waals surface area (Å²) >= 11 is 0. The van der Waals surface area contributed by atoms with Crippen molar-refractivity contribution in [2.45, 2.75) is 20.3 Å². The highest BCUT2D eigenvalue weighted by Crippen LogP contribution is 2.21. The molecule has 94 valence electrons. The van der Waals surface area contributed by atoms with Gasteiger partial charge in [-0.3, -0.25) is 0 Å². The third kappa shape index (κ3) is 3.68. The SMILES string of the molecule is CC(C)CN(CCC#N)c1ccc(N)c(C#N)c1. The van der Waals surface area contributed by atoms with E-state index in [0.717, 1.165) is 12.2 Å². The molecule has 0 fully saturated rings. The molecule has 4 heteroatoms. The topological polar surface area (TPSA) is 76.8 Å². The molecular formula is C14H18N4. The molecule has 0 unspecified atom stereocenters. The van der Waals surface area contributed by atoms with Crippen LogP contribution in [0.4, 0.5) is 11.4 Å². The van der Waals surface area contributed by atoms with Crippen LogP contribution in [0.3, 0.4) is 0 Å². The Morgan fingerprint density at radius 3 is 2.61 bits per heavy atom. The summed E-state index contributed by atoms with van der Waals surface area (Å²) in [6, 6.07) is 9.66. The number of nitrogens with two attached hydrogens (primary N) is 1. The third-order valence-electron chi connectivity index (χ3n) is 2.60. The van der Waals surface area contributed by atoms with E-state index >= 15 is 0 Å². The molecule has 0 bridgehead atoms. The summed E-state index contributed by atoms with van der Waals surface area (Å²) in [5, 5.41) is 17.7. The second kappa shape index (κ2) is 6.51. The quantitative estimate of drug-likeness (QED) is 0.805. The van der Waals surface area contributed by atoms with Gasteiger partial charge in [0.05, 0.1) is 18.1 Å². The Bertz CT molecular complexity index is 480. The standard InChI is InChI=1S/C14H18N4/c1-11(2)10-18(7-3-6-15)13-4-5-14(17)12(8-13)9-16/h4-5,8,11H,3,7,10,17H2,1-2H3. The molecule has 0 aliphatic carbocycles. The molecule has 1 rings (SSSR count). The average molecular weight is 242 g/mol. The molecule has 0 amide bonds. The fraction of sp³-hybridized carbons (Fsp3) is 0.429. The zero-order valence-electron chi connectivity index (χ0n) is 10.8. The van der Waals surface area contributed by atoms with E-state index in [9.17, 15) is 0 Å². The highest BCUT2D eigenvalue weighted by Gasteiger charge is 2.10. The molecule has 0 aliphatic heterocycles. The molecule has 2 N–H and O–H groups in total. The number of nitriles is 2. The van der Waals surface area contributed by atoms with Gasteiger partial charge in [-0.15, -0.1) is 0 Å². The van der Waals surface area contributed by atoms with Crippen molar-refractivity contribution < 1.29 is 0 Å². The van der Waals surface area contributed by atoms with Crippen molar-refractivity contribution in [3.63, 3.8) is 0 Å². The van der Waals surface area contributed by atoms with Crippen molar-refractivity contribution in [3.8, 4) is 12.1 Å². The lowest BCUT2D eigenvalue weighted by atomic mass is 10.1. The predicted molar refractivity (Wildman–Crippen MR) is 72.9 cm³/mol. The van der Waals surface area contributed by atoms with Gasteiger partial charge in [-0.2, -0.15) is 10.5 Å². The van der Waals surface area contributed by atoms with Gasteiger partial charge in [0.1, 0.15) is 6.07 Å². The van der Waals surface area contributed by atoms with Crippen LogP contribution in [0, 0.1) is 28.6 Å². The lowest BCUT2D eigenvalue weighted by molar-refractivity contribution is 0.612. The third-order valence-corrected chi connectivity index (χ3v) is 2.60. The molecule has 0 heterocycles. The van der Waals surface area contributed by atoms with Crippen molar-refractivity contribution in [2.24, 2.45) is 5.92 Å². The smallest absolute Gasteiger partial charge is 0.101 e. The maximum atomic E-state index is 8.98. The Hall–Kier alpha value is -2.20. The fourth-order valence-corrected chi connectivity index (χ4v) is 1.79. The summed E-state index contributed by atoms with van der Waals surface area (Å²) in [5.74, 6) is 0.492. The van der Waals surface area contributed by atoms with E-state index in [0.29, 0.717) is 30.1 Å². The van der Waals surface area contributed by atoms with E-state index < -0.39 is 0 Å². The first-order valence-electron chi connectivity index (χ1n) is 6.00. The molecule has 0 saturated carbocycles. The Kier molecular flexibility index (Phi) is 5.02. The van der Waals surface area contributed by atoms with Crippen LogP contribution in [0.5, 0.6) is 0 Å². The summed E-state index contributed by atoms with van der Waals surface area (Å²) in [6.07, 6.45) is 0.471. The first kappa shape index (κ1) is 13.9. The van der Waals surface area contributed by atoms with Gasteiger partial charge in [0, 0.05) is 24.5 Å². The molecule has 0 atom stereocenters. The summed E-state index contributed by atoms with van der Waals surface area (Å²) in [4.78, 5) is 2.12. The number of nitrogen functional groups attached to an aromatic ring is 1. The molecule has 0 spiro atoms. The van der Waals surface area contributed by atoms with Crippen LogP contribution in [0.2, 0.25) is 0 Å². The van der Waals surface area contributed by atoms with Gasteiger partial charge in [0.2, 0.25) is 0 Å². The summed E-state index contributed by atoms with van der Waals surface area (Å²) in [5.41, 5.74) is 7.63. The largest absolute Gasteiger partial charge is 0.398 e. The zero-order valence-corrected chi connectivity index (χ0v) is 10.8. The second-order valence-electron chi connectivity index (χ2n) is 4.63. The summed E-state index contributed by atoms with van der Waals surface area (Å²) in [6.45, 7) is 5.78. The monoisotopic (exact) mass is 242 g/mol. The van der Waals surface area contributed by atoms with Crippen LogP contribution >= 0.6 is 0 Å². The molecular weight excluding hydrogens is 224 g/mol. The van der Waals surface area contributed by atoms with E-state index in [2.05, 4.69) is 30.9 Å². The Morgan fingerprint density at radius 2 is 2.06 bits per heavy atom. The lowest BCUT2D eigenvalue weighted by Gasteiger charge is -2.26. The number of hydrogen-bond donors (Lipinski definition) is 1. The number of hydrogen-bond acceptors (Lipinski definition) is 4. The second-order valence-corrected chi connectivity index (χ2v) is 4.63.